The Labute approximate surface area is 225 Å². The van der Waals surface area contributed by atoms with E-state index in [1.807, 2.05) is 6.92 Å². The van der Waals surface area contributed by atoms with Crippen molar-refractivity contribution < 1.29 is 23.4 Å². The van der Waals surface area contributed by atoms with Crippen LogP contribution in [0.15, 0.2) is 35.5 Å². The highest BCUT2D eigenvalue weighted by Crippen LogP contribution is 2.45. The van der Waals surface area contributed by atoms with Gasteiger partial charge in [0, 0.05) is 68.9 Å². The summed E-state index contributed by atoms with van der Waals surface area (Å²) in [4.78, 5) is 39.3. The van der Waals surface area contributed by atoms with Gasteiger partial charge in [-0.25, -0.2) is 23.5 Å². The normalized spacial score (nSPS) is 18.4. The number of carbonyl (C=O) groups is 1. The standard InChI is InChI=1S/C28H24F2N6O4/c1-3-35-11-17(28(38)39)25(37)15-4-12(7-33-27(15)35)16-8-32-26-21(24(16)36-9-13-5-14(10-36)40-13)20-22(30)18(29)6-19(31-2)23(20)34-26/h4,6-8,11,13-14,31H,3,5,9-10H2,1-2H3,(H,32,34)(H,38,39). The van der Waals surface area contributed by atoms with E-state index in [2.05, 4.69) is 25.2 Å². The summed E-state index contributed by atoms with van der Waals surface area (Å²) in [6.45, 7) is 3.32. The molecule has 40 heavy (non-hydrogen) atoms. The van der Waals surface area contributed by atoms with Crippen molar-refractivity contribution in [2.24, 2.45) is 0 Å². The third-order valence-corrected chi connectivity index (χ3v) is 7.90. The summed E-state index contributed by atoms with van der Waals surface area (Å²) in [6.07, 6.45) is 5.45. The molecule has 7 heterocycles. The molecule has 5 aromatic rings. The smallest absolute Gasteiger partial charge is 0.341 e. The number of morpholine rings is 1. The molecule has 3 N–H and O–H groups in total. The number of aromatic nitrogens is 4. The fourth-order valence-corrected chi connectivity index (χ4v) is 6.03. The molecule has 4 aromatic heterocycles. The van der Waals surface area contributed by atoms with Crippen LogP contribution in [0.3, 0.4) is 0 Å². The van der Waals surface area contributed by atoms with Crippen molar-refractivity contribution in [3.8, 4) is 11.1 Å². The summed E-state index contributed by atoms with van der Waals surface area (Å²) in [6, 6.07) is 2.70. The van der Waals surface area contributed by atoms with Crippen LogP contribution in [0.5, 0.6) is 0 Å². The highest BCUT2D eigenvalue weighted by atomic mass is 19.2. The molecule has 0 amide bonds. The van der Waals surface area contributed by atoms with Crippen LogP contribution in [0.1, 0.15) is 23.7 Å². The van der Waals surface area contributed by atoms with Crippen LogP contribution in [-0.2, 0) is 11.3 Å². The molecule has 10 nitrogen and oxygen atoms in total. The Morgan fingerprint density at radius 2 is 1.95 bits per heavy atom. The SMILES string of the molecule is CCn1cc(C(=O)O)c(=O)c2cc(-c3cnc4[nH]c5c(NC)cc(F)c(F)c5c4c3N3CC4CC(C3)O4)cnc21. The van der Waals surface area contributed by atoms with Crippen LogP contribution >= 0.6 is 0 Å². The highest BCUT2D eigenvalue weighted by molar-refractivity contribution is 6.18. The Morgan fingerprint density at radius 3 is 2.62 bits per heavy atom. The summed E-state index contributed by atoms with van der Waals surface area (Å²) in [7, 11) is 1.63. The zero-order valence-corrected chi connectivity index (χ0v) is 21.6. The maximum Gasteiger partial charge on any atom is 0.341 e. The Balaban J connectivity index is 1.56. The molecule has 3 saturated heterocycles. The number of hydrogen-bond donors (Lipinski definition) is 3. The first-order chi connectivity index (χ1) is 19.3. The van der Waals surface area contributed by atoms with Gasteiger partial charge in [-0.05, 0) is 13.0 Å². The zero-order chi connectivity index (χ0) is 27.9. The molecular formula is C28H24F2N6O4. The minimum absolute atomic E-state index is 0.0130. The number of ether oxygens (including phenoxy) is 1. The number of H-pyrrole nitrogens is 1. The lowest BCUT2D eigenvalue weighted by molar-refractivity contribution is -0.133. The fraction of sp³-hybridized carbons (Fsp3) is 0.286. The van der Waals surface area contributed by atoms with Gasteiger partial charge in [0.25, 0.3) is 0 Å². The van der Waals surface area contributed by atoms with Crippen molar-refractivity contribution in [3.63, 3.8) is 0 Å². The maximum atomic E-state index is 15.5. The molecule has 2 unspecified atom stereocenters. The molecule has 0 spiro atoms. The largest absolute Gasteiger partial charge is 0.477 e. The van der Waals surface area contributed by atoms with Crippen LogP contribution in [0.2, 0.25) is 0 Å². The number of aryl methyl sites for hydroxylation is 1. The minimum atomic E-state index is -1.33. The zero-order valence-electron chi connectivity index (χ0n) is 21.6. The topological polar surface area (TPSA) is 125 Å². The van der Waals surface area contributed by atoms with Gasteiger partial charge in [-0.1, -0.05) is 0 Å². The quantitative estimate of drug-likeness (QED) is 0.301. The number of pyridine rings is 3. The number of halogens is 2. The first kappa shape index (κ1) is 24.5. The third kappa shape index (κ3) is 3.41. The molecule has 3 aliphatic heterocycles. The number of benzene rings is 1. The maximum absolute atomic E-state index is 15.5. The monoisotopic (exact) mass is 546 g/mol. The number of nitrogens with one attached hydrogen (secondary N) is 2. The average molecular weight is 547 g/mol. The number of anilines is 2. The van der Waals surface area contributed by atoms with Gasteiger partial charge in [0.15, 0.2) is 11.6 Å². The lowest BCUT2D eigenvalue weighted by atomic mass is 9.95. The van der Waals surface area contributed by atoms with Crippen LogP contribution in [0, 0.1) is 11.6 Å². The Hall–Kier alpha value is -4.58. The van der Waals surface area contributed by atoms with Crippen LogP contribution in [0.25, 0.3) is 44.1 Å². The number of hydrogen-bond acceptors (Lipinski definition) is 7. The van der Waals surface area contributed by atoms with E-state index in [0.29, 0.717) is 64.3 Å². The summed E-state index contributed by atoms with van der Waals surface area (Å²) < 4.78 is 37.7. The van der Waals surface area contributed by atoms with Crippen molar-refractivity contribution in [2.45, 2.75) is 32.1 Å². The molecule has 2 atom stereocenters. The van der Waals surface area contributed by atoms with Gasteiger partial charge in [-0.3, -0.25) is 4.79 Å². The number of carboxylic acid groups (broad SMARTS) is 1. The van der Waals surface area contributed by atoms with Crippen molar-refractivity contribution >= 4 is 50.3 Å². The van der Waals surface area contributed by atoms with Crippen molar-refractivity contribution in [1.82, 2.24) is 19.5 Å². The molecule has 0 saturated carbocycles. The number of aromatic amines is 1. The summed E-state index contributed by atoms with van der Waals surface area (Å²) in [5.41, 5.74) is 2.17. The second kappa shape index (κ2) is 8.71. The summed E-state index contributed by atoms with van der Waals surface area (Å²) in [5.74, 6) is -3.31. The molecular weight excluding hydrogens is 522 g/mol. The lowest BCUT2D eigenvalue weighted by Crippen LogP contribution is -2.57. The lowest BCUT2D eigenvalue weighted by Gasteiger charge is -2.48. The number of rotatable bonds is 5. The van der Waals surface area contributed by atoms with Gasteiger partial charge in [-0.2, -0.15) is 0 Å². The van der Waals surface area contributed by atoms with Crippen molar-refractivity contribution in [1.29, 1.82) is 0 Å². The molecule has 12 heteroatoms. The van der Waals surface area contributed by atoms with Gasteiger partial charge in [-0.15, -0.1) is 0 Å². The van der Waals surface area contributed by atoms with Crippen molar-refractivity contribution in [2.75, 3.05) is 30.4 Å². The van der Waals surface area contributed by atoms with E-state index in [4.69, 9.17) is 4.74 Å². The van der Waals surface area contributed by atoms with E-state index >= 15 is 4.39 Å². The highest BCUT2D eigenvalue weighted by Gasteiger charge is 2.40. The number of piperidine rings is 1. The van der Waals surface area contributed by atoms with E-state index in [9.17, 15) is 19.1 Å². The predicted molar refractivity (Wildman–Crippen MR) is 146 cm³/mol. The predicted octanol–water partition coefficient (Wildman–Crippen LogP) is 4.11. The first-order valence-electron chi connectivity index (χ1n) is 13.0. The number of nitrogens with zero attached hydrogens (tertiary/aromatic N) is 4. The van der Waals surface area contributed by atoms with E-state index in [1.54, 1.807) is 30.1 Å². The van der Waals surface area contributed by atoms with Gasteiger partial charge >= 0.3 is 5.97 Å². The van der Waals surface area contributed by atoms with Gasteiger partial charge in [0.2, 0.25) is 5.43 Å². The average Bonchev–Trinajstić information content (AvgIpc) is 3.34. The molecule has 0 radical (unpaired) electrons. The summed E-state index contributed by atoms with van der Waals surface area (Å²) >= 11 is 0. The molecule has 3 aliphatic rings. The van der Waals surface area contributed by atoms with Crippen LogP contribution < -0.4 is 15.6 Å². The summed E-state index contributed by atoms with van der Waals surface area (Å²) in [5, 5.41) is 13.2. The van der Waals surface area contributed by atoms with E-state index in [0.717, 1.165) is 12.5 Å². The van der Waals surface area contributed by atoms with Crippen LogP contribution in [-0.4, -0.2) is 62.9 Å². The number of fused-ring (bicyclic) bond motifs is 6. The molecule has 204 valence electrons. The van der Waals surface area contributed by atoms with E-state index in [-0.39, 0.29) is 28.5 Å². The first-order valence-corrected chi connectivity index (χ1v) is 13.0. The minimum Gasteiger partial charge on any atom is -0.477 e. The Kier molecular flexibility index (Phi) is 5.33. The van der Waals surface area contributed by atoms with Gasteiger partial charge < -0.3 is 29.6 Å². The van der Waals surface area contributed by atoms with E-state index < -0.39 is 23.0 Å². The molecule has 3 fully saturated rings. The van der Waals surface area contributed by atoms with Gasteiger partial charge in [0.1, 0.15) is 16.9 Å². The van der Waals surface area contributed by atoms with Crippen molar-refractivity contribution in [3.05, 3.63) is 58.1 Å². The second-order valence-electron chi connectivity index (χ2n) is 10.2. The fourth-order valence-electron chi connectivity index (χ4n) is 6.03. The van der Waals surface area contributed by atoms with E-state index in [1.165, 1.54) is 6.20 Å². The van der Waals surface area contributed by atoms with Crippen LogP contribution in [0.4, 0.5) is 20.2 Å². The number of carboxylic acids is 1. The molecule has 8 rings (SSSR count). The van der Waals surface area contributed by atoms with Gasteiger partial charge in [0.05, 0.1) is 45.3 Å². The molecule has 0 aliphatic carbocycles. The number of aromatic carboxylic acids is 1. The molecule has 1 aromatic carbocycles. The molecule has 2 bridgehead atoms. The Bertz CT molecular complexity index is 1940. The Morgan fingerprint density at radius 1 is 1.20 bits per heavy atom. The third-order valence-electron chi connectivity index (χ3n) is 7.90. The second-order valence-corrected chi connectivity index (χ2v) is 10.2.